The van der Waals surface area contributed by atoms with Gasteiger partial charge in [0.05, 0.1) is 15.0 Å². The Kier molecular flexibility index (Phi) is 3.14. The Bertz CT molecular complexity index is 489. The average molecular weight is 307 g/mol. The molecule has 1 heterocycles. The number of phenols is 1. The van der Waals surface area contributed by atoms with Crippen LogP contribution in [0.2, 0.25) is 5.02 Å². The zero-order chi connectivity index (χ0) is 10.8. The first kappa shape index (κ1) is 10.7. The number of hydrogen-bond donors (Lipinski definition) is 1. The van der Waals surface area contributed by atoms with Crippen molar-refractivity contribution in [1.82, 2.24) is 4.98 Å². The summed E-state index contributed by atoms with van der Waals surface area (Å²) >= 11 is 10.5. The van der Waals surface area contributed by atoms with E-state index in [1.165, 1.54) is 23.5 Å². The lowest BCUT2D eigenvalue weighted by Gasteiger charge is -2.03. The maximum Gasteiger partial charge on any atom is 0.279 e. The van der Waals surface area contributed by atoms with Gasteiger partial charge >= 0.3 is 0 Å². The average Bonchev–Trinajstić information content (AvgIpc) is 2.56. The van der Waals surface area contributed by atoms with Gasteiger partial charge in [0, 0.05) is 6.07 Å². The summed E-state index contributed by atoms with van der Waals surface area (Å²) in [6.45, 7) is 0. The molecule has 2 aromatic rings. The van der Waals surface area contributed by atoms with Gasteiger partial charge < -0.3 is 9.84 Å². The number of rotatable bonds is 2. The summed E-state index contributed by atoms with van der Waals surface area (Å²) < 4.78 is 6.30. The van der Waals surface area contributed by atoms with Crippen LogP contribution < -0.4 is 4.74 Å². The van der Waals surface area contributed by atoms with E-state index < -0.39 is 0 Å². The third-order valence-electron chi connectivity index (χ3n) is 1.57. The number of halogens is 2. The first-order valence-electron chi connectivity index (χ1n) is 3.93. The monoisotopic (exact) mass is 305 g/mol. The minimum atomic E-state index is 0.104. The Morgan fingerprint density at radius 3 is 2.87 bits per heavy atom. The first-order valence-corrected chi connectivity index (χ1v) is 5.91. The van der Waals surface area contributed by atoms with Gasteiger partial charge in [-0.15, -0.1) is 0 Å². The Hall–Kier alpha value is -0.780. The Labute approximate surface area is 103 Å². The number of aromatic hydroxyl groups is 1. The molecular formula is C9H5BrClNO2S. The smallest absolute Gasteiger partial charge is 0.279 e. The number of ether oxygens (including phenoxy) is 1. The molecule has 1 aromatic heterocycles. The van der Waals surface area contributed by atoms with Gasteiger partial charge in [-0.3, -0.25) is 0 Å². The molecule has 0 fully saturated rings. The fraction of sp³-hybridized carbons (Fsp3) is 0. The zero-order valence-electron chi connectivity index (χ0n) is 7.28. The van der Waals surface area contributed by atoms with Crippen LogP contribution in [0.25, 0.3) is 0 Å². The molecule has 0 saturated heterocycles. The highest BCUT2D eigenvalue weighted by Crippen LogP contribution is 2.34. The van der Waals surface area contributed by atoms with Crippen LogP contribution >= 0.6 is 38.9 Å². The molecule has 0 aliphatic rings. The van der Waals surface area contributed by atoms with Crippen molar-refractivity contribution in [3.63, 3.8) is 0 Å². The molecule has 0 aliphatic carbocycles. The van der Waals surface area contributed by atoms with Crippen LogP contribution in [-0.2, 0) is 0 Å². The van der Waals surface area contributed by atoms with Gasteiger partial charge in [0.15, 0.2) is 0 Å². The maximum atomic E-state index is 9.15. The van der Waals surface area contributed by atoms with Gasteiger partial charge in [-0.05, 0) is 28.1 Å². The standard InChI is InChI=1S/C9H5BrClNO2S/c10-8-4-12-9(15-8)14-7-2-1-5(13)3-6(7)11/h1-4,13H. The summed E-state index contributed by atoms with van der Waals surface area (Å²) in [4.78, 5) is 4.00. The van der Waals surface area contributed by atoms with Crippen molar-refractivity contribution in [2.45, 2.75) is 0 Å². The summed E-state index contributed by atoms with van der Waals surface area (Å²) in [6.07, 6.45) is 1.65. The molecular weight excluding hydrogens is 302 g/mol. The van der Waals surface area contributed by atoms with Crippen LogP contribution in [0.5, 0.6) is 16.7 Å². The number of phenolic OH excluding ortho intramolecular Hbond substituents is 1. The van der Waals surface area contributed by atoms with Crippen LogP contribution in [0.1, 0.15) is 0 Å². The third-order valence-corrected chi connectivity index (χ3v) is 3.22. The molecule has 0 spiro atoms. The SMILES string of the molecule is Oc1ccc(Oc2ncc(Br)s2)c(Cl)c1. The van der Waals surface area contributed by atoms with E-state index in [0.29, 0.717) is 16.0 Å². The highest BCUT2D eigenvalue weighted by atomic mass is 79.9. The molecule has 2 rings (SSSR count). The zero-order valence-corrected chi connectivity index (χ0v) is 10.4. The van der Waals surface area contributed by atoms with Crippen molar-refractivity contribution < 1.29 is 9.84 Å². The van der Waals surface area contributed by atoms with Crippen molar-refractivity contribution >= 4 is 38.9 Å². The van der Waals surface area contributed by atoms with Crippen molar-refractivity contribution in [2.24, 2.45) is 0 Å². The molecule has 0 bridgehead atoms. The largest absolute Gasteiger partial charge is 0.508 e. The van der Waals surface area contributed by atoms with Crippen molar-refractivity contribution in [1.29, 1.82) is 0 Å². The quantitative estimate of drug-likeness (QED) is 0.910. The summed E-state index contributed by atoms with van der Waals surface area (Å²) in [5.41, 5.74) is 0. The molecule has 3 nitrogen and oxygen atoms in total. The van der Waals surface area contributed by atoms with E-state index in [1.54, 1.807) is 12.3 Å². The van der Waals surface area contributed by atoms with E-state index in [1.807, 2.05) is 0 Å². The lowest BCUT2D eigenvalue weighted by atomic mass is 10.3. The molecule has 15 heavy (non-hydrogen) atoms. The minimum absolute atomic E-state index is 0.104. The van der Waals surface area contributed by atoms with E-state index >= 15 is 0 Å². The van der Waals surface area contributed by atoms with E-state index in [-0.39, 0.29) is 5.75 Å². The number of thiazole rings is 1. The lowest BCUT2D eigenvalue weighted by molar-refractivity contribution is 0.463. The molecule has 0 unspecified atom stereocenters. The fourth-order valence-electron chi connectivity index (χ4n) is 0.953. The van der Waals surface area contributed by atoms with Gasteiger partial charge in [-0.1, -0.05) is 22.9 Å². The molecule has 0 atom stereocenters. The molecule has 0 radical (unpaired) electrons. The van der Waals surface area contributed by atoms with E-state index in [2.05, 4.69) is 20.9 Å². The normalized spacial score (nSPS) is 10.3. The molecule has 0 aliphatic heterocycles. The number of hydrogen-bond acceptors (Lipinski definition) is 4. The molecule has 1 aromatic carbocycles. The Balaban J connectivity index is 2.24. The molecule has 1 N–H and O–H groups in total. The van der Waals surface area contributed by atoms with Crippen LogP contribution in [-0.4, -0.2) is 10.1 Å². The van der Waals surface area contributed by atoms with Crippen LogP contribution in [0, 0.1) is 0 Å². The van der Waals surface area contributed by atoms with Crippen molar-refractivity contribution in [2.75, 3.05) is 0 Å². The van der Waals surface area contributed by atoms with Crippen LogP contribution in [0.3, 0.4) is 0 Å². The molecule has 0 saturated carbocycles. The maximum absolute atomic E-state index is 9.15. The fourth-order valence-corrected chi connectivity index (χ4v) is 2.19. The molecule has 6 heteroatoms. The highest BCUT2D eigenvalue weighted by Gasteiger charge is 2.06. The second kappa shape index (κ2) is 4.38. The van der Waals surface area contributed by atoms with Gasteiger partial charge in [-0.2, -0.15) is 0 Å². The number of aromatic nitrogens is 1. The summed E-state index contributed by atoms with van der Waals surface area (Å²) in [5, 5.41) is 9.99. The van der Waals surface area contributed by atoms with Crippen LogP contribution in [0.15, 0.2) is 28.2 Å². The van der Waals surface area contributed by atoms with E-state index in [9.17, 15) is 0 Å². The highest BCUT2D eigenvalue weighted by molar-refractivity contribution is 9.11. The van der Waals surface area contributed by atoms with Crippen LogP contribution in [0.4, 0.5) is 0 Å². The van der Waals surface area contributed by atoms with Gasteiger partial charge in [-0.25, -0.2) is 4.98 Å². The predicted molar refractivity (Wildman–Crippen MR) is 63.0 cm³/mol. The van der Waals surface area contributed by atoms with Crippen molar-refractivity contribution in [3.8, 4) is 16.7 Å². The van der Waals surface area contributed by atoms with Gasteiger partial charge in [0.2, 0.25) is 0 Å². The summed E-state index contributed by atoms with van der Waals surface area (Å²) in [5.74, 6) is 0.573. The topological polar surface area (TPSA) is 42.4 Å². The molecule has 78 valence electrons. The molecule has 0 amide bonds. The Morgan fingerprint density at radius 1 is 1.47 bits per heavy atom. The lowest BCUT2D eigenvalue weighted by Crippen LogP contribution is -1.83. The van der Waals surface area contributed by atoms with Crippen molar-refractivity contribution in [3.05, 3.63) is 33.2 Å². The second-order valence-electron chi connectivity index (χ2n) is 2.65. The van der Waals surface area contributed by atoms with Gasteiger partial charge in [0.1, 0.15) is 11.5 Å². The Morgan fingerprint density at radius 2 is 2.27 bits per heavy atom. The number of nitrogens with zero attached hydrogens (tertiary/aromatic N) is 1. The second-order valence-corrected chi connectivity index (χ2v) is 5.43. The van der Waals surface area contributed by atoms with Gasteiger partial charge in [0.25, 0.3) is 5.19 Å². The summed E-state index contributed by atoms with van der Waals surface area (Å²) in [7, 11) is 0. The minimum Gasteiger partial charge on any atom is -0.508 e. The van der Waals surface area contributed by atoms with E-state index in [0.717, 1.165) is 3.79 Å². The predicted octanol–water partition coefficient (Wildman–Crippen LogP) is 4.06. The summed E-state index contributed by atoms with van der Waals surface area (Å²) in [6, 6.07) is 4.51. The van der Waals surface area contributed by atoms with E-state index in [4.69, 9.17) is 21.4 Å². The third kappa shape index (κ3) is 2.62. The first-order chi connectivity index (χ1) is 7.15. The number of benzene rings is 1.